The van der Waals surface area contributed by atoms with Crippen molar-refractivity contribution < 1.29 is 4.39 Å². The molecule has 146 valence electrons. The fourth-order valence-corrected chi connectivity index (χ4v) is 3.86. The first-order valence-electron chi connectivity index (χ1n) is 9.60. The van der Waals surface area contributed by atoms with Crippen LogP contribution >= 0.6 is 11.6 Å². The van der Waals surface area contributed by atoms with E-state index in [2.05, 4.69) is 16.8 Å². The van der Waals surface area contributed by atoms with Gasteiger partial charge in [-0.1, -0.05) is 29.8 Å². The van der Waals surface area contributed by atoms with E-state index in [1.54, 1.807) is 12.1 Å². The molecule has 2 heterocycles. The molecule has 1 fully saturated rings. The number of likely N-dealkylation sites (N-methyl/N-ethyl adjacent to an activating group) is 1. The smallest absolute Gasteiger partial charge is 0.123 e. The molecule has 3 aromatic rings. The maximum absolute atomic E-state index is 13.3. The summed E-state index contributed by atoms with van der Waals surface area (Å²) in [4.78, 5) is 4.84. The second kappa shape index (κ2) is 8.43. The second-order valence-electron chi connectivity index (χ2n) is 7.34. The maximum atomic E-state index is 13.3. The Balaban J connectivity index is 1.70. The Kier molecular flexibility index (Phi) is 5.76. The van der Waals surface area contributed by atoms with Gasteiger partial charge in [-0.3, -0.25) is 4.90 Å². The summed E-state index contributed by atoms with van der Waals surface area (Å²) in [7, 11) is 2.17. The van der Waals surface area contributed by atoms with E-state index in [9.17, 15) is 4.39 Å². The molecule has 1 aliphatic heterocycles. The van der Waals surface area contributed by atoms with Gasteiger partial charge in [-0.2, -0.15) is 5.10 Å². The lowest BCUT2D eigenvalue weighted by Gasteiger charge is -2.20. The Morgan fingerprint density at radius 2 is 1.79 bits per heavy atom. The Morgan fingerprint density at radius 3 is 2.57 bits per heavy atom. The molecule has 0 atom stereocenters. The average Bonchev–Trinajstić information content (AvgIpc) is 2.99. The van der Waals surface area contributed by atoms with E-state index < -0.39 is 0 Å². The van der Waals surface area contributed by atoms with Crippen LogP contribution in [-0.2, 0) is 6.54 Å². The topological polar surface area (TPSA) is 24.3 Å². The summed E-state index contributed by atoms with van der Waals surface area (Å²) in [5, 5.41) is 5.50. The largest absolute Gasteiger partial charge is 0.305 e. The first kappa shape index (κ1) is 19.1. The van der Waals surface area contributed by atoms with Gasteiger partial charge >= 0.3 is 0 Å². The number of halogens is 2. The second-order valence-corrected chi connectivity index (χ2v) is 7.74. The first-order chi connectivity index (χ1) is 13.6. The maximum Gasteiger partial charge on any atom is 0.123 e. The third-order valence-corrected chi connectivity index (χ3v) is 5.55. The first-order valence-corrected chi connectivity index (χ1v) is 9.98. The molecule has 4 rings (SSSR count). The molecule has 1 saturated heterocycles. The number of aromatic nitrogens is 2. The van der Waals surface area contributed by atoms with Gasteiger partial charge in [0, 0.05) is 37.0 Å². The van der Waals surface area contributed by atoms with Gasteiger partial charge in [0.05, 0.1) is 16.4 Å². The van der Waals surface area contributed by atoms with E-state index in [1.807, 2.05) is 35.1 Å². The summed E-state index contributed by atoms with van der Waals surface area (Å²) in [5.41, 5.74) is 3.76. The number of nitrogens with zero attached hydrogens (tertiary/aromatic N) is 4. The normalized spacial score (nSPS) is 16.2. The van der Waals surface area contributed by atoms with Crippen LogP contribution in [0.5, 0.6) is 0 Å². The lowest BCUT2D eigenvalue weighted by atomic mass is 10.1. The van der Waals surface area contributed by atoms with Crippen LogP contribution in [0.15, 0.2) is 54.7 Å². The van der Waals surface area contributed by atoms with Crippen LogP contribution in [0.25, 0.3) is 16.9 Å². The summed E-state index contributed by atoms with van der Waals surface area (Å²) in [6.45, 7) is 5.10. The Bertz CT molecular complexity index is 938. The van der Waals surface area contributed by atoms with E-state index >= 15 is 0 Å². The molecular weight excluding hydrogens is 375 g/mol. The molecule has 4 nitrogen and oxygen atoms in total. The van der Waals surface area contributed by atoms with Crippen LogP contribution in [0, 0.1) is 5.82 Å². The van der Waals surface area contributed by atoms with Crippen molar-refractivity contribution in [1.29, 1.82) is 0 Å². The van der Waals surface area contributed by atoms with Gasteiger partial charge in [-0.25, -0.2) is 9.07 Å². The predicted octanol–water partition coefficient (Wildman–Crippen LogP) is 4.47. The molecule has 2 aromatic carbocycles. The molecule has 0 radical (unpaired) electrons. The zero-order chi connectivity index (χ0) is 19.5. The van der Waals surface area contributed by atoms with E-state index in [0.29, 0.717) is 5.02 Å². The average molecular weight is 399 g/mol. The van der Waals surface area contributed by atoms with Crippen LogP contribution in [0.2, 0.25) is 5.02 Å². The quantitative estimate of drug-likeness (QED) is 0.648. The summed E-state index contributed by atoms with van der Waals surface area (Å²) < 4.78 is 15.1. The number of hydrogen-bond donors (Lipinski definition) is 0. The van der Waals surface area contributed by atoms with Crippen LogP contribution in [0.4, 0.5) is 4.39 Å². The van der Waals surface area contributed by atoms with Gasteiger partial charge in [0.15, 0.2) is 0 Å². The molecule has 1 aliphatic rings. The Morgan fingerprint density at radius 1 is 1.00 bits per heavy atom. The lowest BCUT2D eigenvalue weighted by Crippen LogP contribution is -2.28. The molecule has 0 saturated carbocycles. The van der Waals surface area contributed by atoms with Crippen molar-refractivity contribution in [2.45, 2.75) is 13.0 Å². The van der Waals surface area contributed by atoms with Crippen molar-refractivity contribution in [2.75, 3.05) is 33.2 Å². The van der Waals surface area contributed by atoms with E-state index in [-0.39, 0.29) is 5.82 Å². The molecule has 1 aromatic heterocycles. The van der Waals surface area contributed by atoms with Gasteiger partial charge in [-0.15, -0.1) is 0 Å². The summed E-state index contributed by atoms with van der Waals surface area (Å²) in [6, 6.07) is 14.2. The van der Waals surface area contributed by atoms with Crippen molar-refractivity contribution in [3.8, 4) is 16.9 Å². The summed E-state index contributed by atoms with van der Waals surface area (Å²) >= 11 is 6.48. The Labute approximate surface area is 170 Å². The van der Waals surface area contributed by atoms with Gasteiger partial charge in [0.2, 0.25) is 0 Å². The highest BCUT2D eigenvalue weighted by molar-refractivity contribution is 6.33. The highest BCUT2D eigenvalue weighted by Gasteiger charge is 2.19. The van der Waals surface area contributed by atoms with E-state index in [1.165, 1.54) is 12.1 Å². The molecule has 0 amide bonds. The van der Waals surface area contributed by atoms with Crippen molar-refractivity contribution in [3.05, 3.63) is 71.1 Å². The predicted molar refractivity (Wildman–Crippen MR) is 111 cm³/mol. The summed E-state index contributed by atoms with van der Waals surface area (Å²) in [6.07, 6.45) is 3.20. The molecule has 6 heteroatoms. The van der Waals surface area contributed by atoms with Gasteiger partial charge in [-0.05, 0) is 56.9 Å². The van der Waals surface area contributed by atoms with Crippen molar-refractivity contribution in [2.24, 2.45) is 0 Å². The molecular formula is C22H24ClFN4. The zero-order valence-corrected chi connectivity index (χ0v) is 16.7. The minimum atomic E-state index is -0.254. The van der Waals surface area contributed by atoms with Crippen LogP contribution in [0.1, 0.15) is 12.0 Å². The lowest BCUT2D eigenvalue weighted by molar-refractivity contribution is 0.269. The van der Waals surface area contributed by atoms with Crippen LogP contribution in [-0.4, -0.2) is 52.8 Å². The third kappa shape index (κ3) is 4.27. The number of rotatable bonds is 4. The zero-order valence-electron chi connectivity index (χ0n) is 16.0. The SMILES string of the molecule is CN1CCCN(Cc2cn(-c3ccc(F)cc3)nc2-c2ccccc2Cl)CC1. The highest BCUT2D eigenvalue weighted by atomic mass is 35.5. The van der Waals surface area contributed by atoms with Gasteiger partial charge < -0.3 is 4.90 Å². The van der Waals surface area contributed by atoms with Crippen LogP contribution < -0.4 is 0 Å². The standard InChI is InChI=1S/C22H24ClFN4/c1-26-11-4-12-27(14-13-26)15-17-16-28(19-9-7-18(24)8-10-19)25-22(17)20-5-2-3-6-21(20)23/h2-3,5-10,16H,4,11-15H2,1H3. The van der Waals surface area contributed by atoms with Crippen molar-refractivity contribution >= 4 is 11.6 Å². The number of benzene rings is 2. The minimum absolute atomic E-state index is 0.254. The van der Waals surface area contributed by atoms with Gasteiger partial charge in [0.25, 0.3) is 0 Å². The summed E-state index contributed by atoms with van der Waals surface area (Å²) in [5.74, 6) is -0.254. The molecule has 0 unspecified atom stereocenters. The van der Waals surface area contributed by atoms with E-state index in [0.717, 1.165) is 61.7 Å². The van der Waals surface area contributed by atoms with Gasteiger partial charge in [0.1, 0.15) is 5.82 Å². The fourth-order valence-electron chi connectivity index (χ4n) is 3.63. The third-order valence-electron chi connectivity index (χ3n) is 5.22. The molecule has 0 spiro atoms. The fraction of sp³-hybridized carbons (Fsp3) is 0.318. The minimum Gasteiger partial charge on any atom is -0.305 e. The van der Waals surface area contributed by atoms with Crippen LogP contribution in [0.3, 0.4) is 0 Å². The molecule has 0 aliphatic carbocycles. The highest BCUT2D eigenvalue weighted by Crippen LogP contribution is 2.31. The van der Waals surface area contributed by atoms with Crippen molar-refractivity contribution in [1.82, 2.24) is 19.6 Å². The molecule has 0 N–H and O–H groups in total. The van der Waals surface area contributed by atoms with Crippen molar-refractivity contribution in [3.63, 3.8) is 0 Å². The molecule has 0 bridgehead atoms. The Hall–Kier alpha value is -2.21. The molecule has 28 heavy (non-hydrogen) atoms. The monoisotopic (exact) mass is 398 g/mol. The number of hydrogen-bond acceptors (Lipinski definition) is 3. The van der Waals surface area contributed by atoms with E-state index in [4.69, 9.17) is 16.7 Å².